The predicted molar refractivity (Wildman–Crippen MR) is 107 cm³/mol. The molecule has 25 heavy (non-hydrogen) atoms. The van der Waals surface area contributed by atoms with Crippen LogP contribution in [0, 0.1) is 11.8 Å². The zero-order valence-corrected chi connectivity index (χ0v) is 15.5. The molecule has 1 saturated heterocycles. The molecule has 130 valence electrons. The van der Waals surface area contributed by atoms with E-state index in [1.807, 2.05) is 0 Å². The van der Waals surface area contributed by atoms with E-state index in [9.17, 15) is 0 Å². The Morgan fingerprint density at radius 2 is 1.36 bits per heavy atom. The minimum Gasteiger partial charge on any atom is -0.287 e. The number of rotatable bonds is 4. The number of likely N-dealkylation sites (tertiary alicyclic amines) is 1. The molecule has 1 nitrogen and oxygen atoms in total. The first-order valence-electron chi connectivity index (χ1n) is 9.57. The molecule has 2 aromatic rings. The SMILES string of the molecule is C[C@@H]1CCC[C@H](C)N1CC#CCC(c1ccccc1)c1ccccc1. The van der Waals surface area contributed by atoms with Gasteiger partial charge in [0, 0.05) is 24.4 Å². The first-order valence-corrected chi connectivity index (χ1v) is 9.57. The highest BCUT2D eigenvalue weighted by atomic mass is 15.2. The first kappa shape index (κ1) is 17.8. The Kier molecular flexibility index (Phi) is 6.31. The topological polar surface area (TPSA) is 3.24 Å². The molecule has 1 heterocycles. The standard InChI is InChI=1S/C24H29N/c1-20-12-11-13-21(2)25(20)19-10-9-18-24(22-14-5-3-6-15-22)23-16-7-4-8-17-23/h3-8,14-17,20-21,24H,11-13,18-19H2,1-2H3/t20-,21+. The number of hydrogen-bond donors (Lipinski definition) is 0. The summed E-state index contributed by atoms with van der Waals surface area (Å²) < 4.78 is 0. The summed E-state index contributed by atoms with van der Waals surface area (Å²) in [5, 5.41) is 0. The third kappa shape index (κ3) is 4.74. The lowest BCUT2D eigenvalue weighted by Crippen LogP contribution is -2.43. The molecule has 0 aromatic heterocycles. The second-order valence-electron chi connectivity index (χ2n) is 7.23. The van der Waals surface area contributed by atoms with Gasteiger partial charge in [0.25, 0.3) is 0 Å². The van der Waals surface area contributed by atoms with Crippen molar-refractivity contribution >= 4 is 0 Å². The average molecular weight is 332 g/mol. The van der Waals surface area contributed by atoms with Gasteiger partial charge in [-0.3, -0.25) is 4.90 Å². The zero-order chi connectivity index (χ0) is 17.5. The molecule has 0 radical (unpaired) electrons. The van der Waals surface area contributed by atoms with Crippen LogP contribution in [-0.2, 0) is 0 Å². The zero-order valence-electron chi connectivity index (χ0n) is 15.5. The van der Waals surface area contributed by atoms with E-state index in [1.54, 1.807) is 0 Å². The van der Waals surface area contributed by atoms with Gasteiger partial charge >= 0.3 is 0 Å². The van der Waals surface area contributed by atoms with Crippen molar-refractivity contribution in [3.63, 3.8) is 0 Å². The van der Waals surface area contributed by atoms with Gasteiger partial charge in [0.1, 0.15) is 0 Å². The van der Waals surface area contributed by atoms with E-state index in [-0.39, 0.29) is 0 Å². The van der Waals surface area contributed by atoms with Gasteiger partial charge in [-0.25, -0.2) is 0 Å². The van der Waals surface area contributed by atoms with E-state index in [0.29, 0.717) is 18.0 Å². The summed E-state index contributed by atoms with van der Waals surface area (Å²) in [5.41, 5.74) is 2.70. The summed E-state index contributed by atoms with van der Waals surface area (Å²) in [6.45, 7) is 5.58. The van der Waals surface area contributed by atoms with Crippen LogP contribution < -0.4 is 0 Å². The quantitative estimate of drug-likeness (QED) is 0.671. The van der Waals surface area contributed by atoms with Crippen molar-refractivity contribution in [2.24, 2.45) is 0 Å². The maximum atomic E-state index is 3.48. The Bertz CT molecular complexity index is 646. The Labute approximate surface area is 153 Å². The highest BCUT2D eigenvalue weighted by Gasteiger charge is 2.23. The van der Waals surface area contributed by atoms with Crippen LogP contribution in [0.15, 0.2) is 60.7 Å². The average Bonchev–Trinajstić information content (AvgIpc) is 2.65. The third-order valence-electron chi connectivity index (χ3n) is 5.47. The van der Waals surface area contributed by atoms with E-state index in [0.717, 1.165) is 13.0 Å². The van der Waals surface area contributed by atoms with Crippen LogP contribution in [0.1, 0.15) is 56.6 Å². The number of nitrogens with zero attached hydrogens (tertiary/aromatic N) is 1. The minimum atomic E-state index is 0.353. The lowest BCUT2D eigenvalue weighted by molar-refractivity contribution is 0.121. The summed E-state index contributed by atoms with van der Waals surface area (Å²) >= 11 is 0. The van der Waals surface area contributed by atoms with E-state index in [2.05, 4.69) is 91.3 Å². The predicted octanol–water partition coefficient (Wildman–Crippen LogP) is 5.47. The highest BCUT2D eigenvalue weighted by molar-refractivity contribution is 5.34. The number of benzene rings is 2. The fourth-order valence-corrected chi connectivity index (χ4v) is 3.91. The molecule has 0 bridgehead atoms. The smallest absolute Gasteiger partial charge is 0.0606 e. The summed E-state index contributed by atoms with van der Waals surface area (Å²) in [5.74, 6) is 7.29. The van der Waals surface area contributed by atoms with Crippen LogP contribution in [0.3, 0.4) is 0 Å². The summed E-state index contributed by atoms with van der Waals surface area (Å²) in [6, 6.07) is 22.8. The maximum absolute atomic E-state index is 3.48. The van der Waals surface area contributed by atoms with E-state index >= 15 is 0 Å². The highest BCUT2D eigenvalue weighted by Crippen LogP contribution is 2.27. The van der Waals surface area contributed by atoms with E-state index < -0.39 is 0 Å². The van der Waals surface area contributed by atoms with Crippen molar-refractivity contribution in [2.75, 3.05) is 6.54 Å². The molecule has 0 spiro atoms. The monoisotopic (exact) mass is 331 g/mol. The normalized spacial score (nSPS) is 20.9. The van der Waals surface area contributed by atoms with Crippen LogP contribution in [-0.4, -0.2) is 23.5 Å². The lowest BCUT2D eigenvalue weighted by Gasteiger charge is -2.37. The van der Waals surface area contributed by atoms with Crippen molar-refractivity contribution < 1.29 is 0 Å². The Morgan fingerprint density at radius 1 is 0.840 bits per heavy atom. The second-order valence-corrected chi connectivity index (χ2v) is 7.23. The molecule has 0 saturated carbocycles. The molecule has 1 aliphatic rings. The van der Waals surface area contributed by atoms with Crippen molar-refractivity contribution in [3.05, 3.63) is 71.8 Å². The second kappa shape index (κ2) is 8.88. The molecule has 1 aliphatic heterocycles. The maximum Gasteiger partial charge on any atom is 0.0606 e. The summed E-state index contributed by atoms with van der Waals surface area (Å²) in [6.07, 6.45) is 4.85. The van der Waals surface area contributed by atoms with E-state index in [1.165, 1.54) is 30.4 Å². The first-order chi connectivity index (χ1) is 12.3. The van der Waals surface area contributed by atoms with E-state index in [4.69, 9.17) is 0 Å². The fraction of sp³-hybridized carbons (Fsp3) is 0.417. The largest absolute Gasteiger partial charge is 0.287 e. The number of hydrogen-bond acceptors (Lipinski definition) is 1. The minimum absolute atomic E-state index is 0.353. The number of piperidine rings is 1. The van der Waals surface area contributed by atoms with Crippen molar-refractivity contribution in [1.82, 2.24) is 4.90 Å². The van der Waals surface area contributed by atoms with Gasteiger partial charge in [-0.2, -0.15) is 0 Å². The summed E-state index contributed by atoms with van der Waals surface area (Å²) in [4.78, 5) is 2.57. The Morgan fingerprint density at radius 3 is 1.88 bits per heavy atom. The van der Waals surface area contributed by atoms with Crippen LogP contribution in [0.5, 0.6) is 0 Å². The molecule has 2 atom stereocenters. The van der Waals surface area contributed by atoms with Crippen LogP contribution in [0.25, 0.3) is 0 Å². The summed E-state index contributed by atoms with van der Waals surface area (Å²) in [7, 11) is 0. The van der Waals surface area contributed by atoms with Crippen LogP contribution in [0.4, 0.5) is 0 Å². The molecule has 1 heteroatoms. The molecular formula is C24H29N. The van der Waals surface area contributed by atoms with Crippen molar-refractivity contribution in [2.45, 2.75) is 57.5 Å². The van der Waals surface area contributed by atoms with Crippen molar-refractivity contribution in [1.29, 1.82) is 0 Å². The van der Waals surface area contributed by atoms with Crippen LogP contribution in [0.2, 0.25) is 0 Å². The Balaban J connectivity index is 1.70. The molecule has 0 unspecified atom stereocenters. The molecule has 3 rings (SSSR count). The molecule has 2 aromatic carbocycles. The molecule has 1 fully saturated rings. The van der Waals surface area contributed by atoms with Gasteiger partial charge < -0.3 is 0 Å². The molecule has 0 N–H and O–H groups in total. The van der Waals surface area contributed by atoms with Crippen LogP contribution >= 0.6 is 0 Å². The van der Waals surface area contributed by atoms with Gasteiger partial charge in [-0.05, 0) is 37.8 Å². The fourth-order valence-electron chi connectivity index (χ4n) is 3.91. The van der Waals surface area contributed by atoms with Gasteiger partial charge in [-0.1, -0.05) is 73.0 Å². The van der Waals surface area contributed by atoms with Gasteiger partial charge in [0.15, 0.2) is 0 Å². The Hall–Kier alpha value is -2.04. The molecular weight excluding hydrogens is 302 g/mol. The third-order valence-corrected chi connectivity index (χ3v) is 5.47. The van der Waals surface area contributed by atoms with Gasteiger partial charge in [0.2, 0.25) is 0 Å². The lowest BCUT2D eigenvalue weighted by atomic mass is 9.89. The van der Waals surface area contributed by atoms with Crippen molar-refractivity contribution in [3.8, 4) is 11.8 Å². The van der Waals surface area contributed by atoms with Gasteiger partial charge in [-0.15, -0.1) is 5.92 Å². The van der Waals surface area contributed by atoms with Gasteiger partial charge in [0.05, 0.1) is 6.54 Å². The molecule has 0 aliphatic carbocycles. The molecule has 0 amide bonds.